The van der Waals surface area contributed by atoms with E-state index in [2.05, 4.69) is 28.5 Å². The van der Waals surface area contributed by atoms with Gasteiger partial charge < -0.3 is 5.32 Å². The Kier molecular flexibility index (Phi) is 2.47. The van der Waals surface area contributed by atoms with Gasteiger partial charge in [-0.15, -0.1) is 0 Å². The van der Waals surface area contributed by atoms with E-state index in [1.54, 1.807) is 12.4 Å². The molecular formula is C15H11N2. The van der Waals surface area contributed by atoms with Crippen LogP contribution in [0.3, 0.4) is 0 Å². The molecule has 1 aromatic heterocycles. The van der Waals surface area contributed by atoms with Gasteiger partial charge in [0.1, 0.15) is 0 Å². The summed E-state index contributed by atoms with van der Waals surface area (Å²) in [5.74, 6) is 0. The Balaban J connectivity index is 2.06. The summed E-state index contributed by atoms with van der Waals surface area (Å²) in [5, 5.41) is 5.68. The molecule has 3 aromatic rings. The number of pyridine rings is 1. The molecule has 2 heteroatoms. The lowest BCUT2D eigenvalue weighted by Crippen LogP contribution is -1.91. The lowest BCUT2D eigenvalue weighted by atomic mass is 10.1. The predicted molar refractivity (Wildman–Crippen MR) is 70.3 cm³/mol. The molecule has 0 unspecified atom stereocenters. The van der Waals surface area contributed by atoms with E-state index in [9.17, 15) is 0 Å². The number of aromatic nitrogens is 1. The van der Waals surface area contributed by atoms with Gasteiger partial charge in [0.15, 0.2) is 0 Å². The molecule has 0 bridgehead atoms. The second-order valence-corrected chi connectivity index (χ2v) is 3.80. The number of rotatable bonds is 2. The number of benzene rings is 2. The molecule has 3 rings (SSSR count). The molecule has 0 spiro atoms. The van der Waals surface area contributed by atoms with Crippen LogP contribution >= 0.6 is 0 Å². The molecule has 0 saturated carbocycles. The third-order valence-corrected chi connectivity index (χ3v) is 2.67. The Morgan fingerprint density at radius 1 is 0.941 bits per heavy atom. The average Bonchev–Trinajstić information content (AvgIpc) is 2.40. The van der Waals surface area contributed by atoms with Gasteiger partial charge in [-0.3, -0.25) is 4.98 Å². The Bertz CT molecular complexity index is 627. The van der Waals surface area contributed by atoms with Crippen molar-refractivity contribution in [3.05, 3.63) is 67.0 Å². The van der Waals surface area contributed by atoms with Crippen LogP contribution in [0.25, 0.3) is 10.8 Å². The molecule has 1 radical (unpaired) electrons. The number of fused-ring (bicyclic) bond motifs is 1. The first-order chi connectivity index (χ1) is 8.43. The van der Waals surface area contributed by atoms with E-state index >= 15 is 0 Å². The number of anilines is 2. The average molecular weight is 219 g/mol. The van der Waals surface area contributed by atoms with Crippen molar-refractivity contribution in [1.29, 1.82) is 0 Å². The molecule has 0 saturated heterocycles. The maximum Gasteiger partial charge on any atom is 0.0464 e. The molecule has 0 aliphatic rings. The molecule has 0 aliphatic heterocycles. The van der Waals surface area contributed by atoms with Gasteiger partial charge in [0.25, 0.3) is 0 Å². The molecule has 0 aliphatic carbocycles. The summed E-state index contributed by atoms with van der Waals surface area (Å²) in [7, 11) is 0. The lowest BCUT2D eigenvalue weighted by Gasteiger charge is -2.09. The predicted octanol–water partition coefficient (Wildman–Crippen LogP) is 3.78. The van der Waals surface area contributed by atoms with E-state index in [0.29, 0.717) is 0 Å². The summed E-state index contributed by atoms with van der Waals surface area (Å²) in [6.45, 7) is 0. The lowest BCUT2D eigenvalue weighted by molar-refractivity contribution is 1.33. The summed E-state index contributed by atoms with van der Waals surface area (Å²) < 4.78 is 0. The highest BCUT2D eigenvalue weighted by atomic mass is 14.9. The summed E-state index contributed by atoms with van der Waals surface area (Å²) in [6.07, 6.45) is 3.55. The van der Waals surface area contributed by atoms with Crippen molar-refractivity contribution in [3.63, 3.8) is 0 Å². The smallest absolute Gasteiger partial charge is 0.0464 e. The zero-order valence-electron chi connectivity index (χ0n) is 9.22. The van der Waals surface area contributed by atoms with Gasteiger partial charge in [0, 0.05) is 29.2 Å². The van der Waals surface area contributed by atoms with Crippen LogP contribution in [0.1, 0.15) is 0 Å². The fraction of sp³-hybridized carbons (Fsp3) is 0. The van der Waals surface area contributed by atoms with Gasteiger partial charge in [0.05, 0.1) is 0 Å². The molecule has 17 heavy (non-hydrogen) atoms. The molecule has 0 fully saturated rings. The summed E-state index contributed by atoms with van der Waals surface area (Å²) in [5.41, 5.74) is 2.13. The maximum atomic E-state index is 4.00. The van der Waals surface area contributed by atoms with Crippen molar-refractivity contribution in [2.45, 2.75) is 0 Å². The fourth-order valence-corrected chi connectivity index (χ4v) is 1.85. The topological polar surface area (TPSA) is 24.9 Å². The van der Waals surface area contributed by atoms with E-state index < -0.39 is 0 Å². The number of hydrogen-bond acceptors (Lipinski definition) is 2. The molecule has 2 nitrogen and oxygen atoms in total. The minimum Gasteiger partial charge on any atom is -0.355 e. The van der Waals surface area contributed by atoms with Crippen LogP contribution in [-0.4, -0.2) is 4.98 Å². The summed E-state index contributed by atoms with van der Waals surface area (Å²) >= 11 is 0. The van der Waals surface area contributed by atoms with Gasteiger partial charge in [0.2, 0.25) is 0 Å². The first kappa shape index (κ1) is 9.85. The monoisotopic (exact) mass is 219 g/mol. The van der Waals surface area contributed by atoms with Crippen LogP contribution in [0.4, 0.5) is 11.4 Å². The molecule has 1 heterocycles. The molecule has 81 valence electrons. The van der Waals surface area contributed by atoms with Crippen LogP contribution < -0.4 is 5.32 Å². The number of nitrogens with zero attached hydrogens (tertiary/aromatic N) is 1. The largest absolute Gasteiger partial charge is 0.355 e. The van der Waals surface area contributed by atoms with Crippen molar-refractivity contribution < 1.29 is 0 Å². The number of hydrogen-bond donors (Lipinski definition) is 1. The highest BCUT2D eigenvalue weighted by molar-refractivity contribution is 5.94. The third kappa shape index (κ3) is 1.97. The second kappa shape index (κ2) is 4.26. The Morgan fingerprint density at radius 3 is 2.65 bits per heavy atom. The van der Waals surface area contributed by atoms with E-state index in [-0.39, 0.29) is 0 Å². The minimum absolute atomic E-state index is 1.04. The molecule has 0 amide bonds. The van der Waals surface area contributed by atoms with Gasteiger partial charge in [-0.2, -0.15) is 0 Å². The van der Waals surface area contributed by atoms with Crippen LogP contribution in [0, 0.1) is 6.07 Å². The molecule has 2 aromatic carbocycles. The summed E-state index contributed by atoms with van der Waals surface area (Å²) in [6, 6.07) is 19.3. The van der Waals surface area contributed by atoms with Gasteiger partial charge in [-0.05, 0) is 29.7 Å². The Hall–Kier alpha value is -2.35. The molecule has 1 N–H and O–H groups in total. The fourth-order valence-electron chi connectivity index (χ4n) is 1.85. The van der Waals surface area contributed by atoms with Crippen molar-refractivity contribution in [1.82, 2.24) is 4.98 Å². The van der Waals surface area contributed by atoms with Crippen molar-refractivity contribution >= 4 is 22.1 Å². The van der Waals surface area contributed by atoms with Crippen molar-refractivity contribution in [3.8, 4) is 0 Å². The zero-order chi connectivity index (χ0) is 11.5. The molecular weight excluding hydrogens is 208 g/mol. The first-order valence-corrected chi connectivity index (χ1v) is 5.50. The van der Waals surface area contributed by atoms with E-state index in [1.807, 2.05) is 36.4 Å². The quantitative estimate of drug-likeness (QED) is 0.709. The highest BCUT2D eigenvalue weighted by Gasteiger charge is 2.00. The van der Waals surface area contributed by atoms with E-state index in [1.165, 1.54) is 5.39 Å². The Morgan fingerprint density at radius 2 is 1.76 bits per heavy atom. The van der Waals surface area contributed by atoms with Gasteiger partial charge in [-0.25, -0.2) is 0 Å². The second-order valence-electron chi connectivity index (χ2n) is 3.80. The van der Waals surface area contributed by atoms with Crippen LogP contribution in [-0.2, 0) is 0 Å². The van der Waals surface area contributed by atoms with E-state index in [0.717, 1.165) is 16.8 Å². The third-order valence-electron chi connectivity index (χ3n) is 2.67. The van der Waals surface area contributed by atoms with Gasteiger partial charge >= 0.3 is 0 Å². The summed E-state index contributed by atoms with van der Waals surface area (Å²) in [4.78, 5) is 4.00. The molecule has 0 atom stereocenters. The Labute approximate surface area is 99.9 Å². The normalized spacial score (nSPS) is 10.4. The SMILES string of the molecule is [c]1ccc(Nc2ccncc2)c2ccccc12. The van der Waals surface area contributed by atoms with Crippen molar-refractivity contribution in [2.24, 2.45) is 0 Å². The first-order valence-electron chi connectivity index (χ1n) is 5.50. The van der Waals surface area contributed by atoms with Crippen LogP contribution in [0.2, 0.25) is 0 Å². The van der Waals surface area contributed by atoms with Gasteiger partial charge in [-0.1, -0.05) is 30.3 Å². The van der Waals surface area contributed by atoms with E-state index in [4.69, 9.17) is 0 Å². The van der Waals surface area contributed by atoms with Crippen molar-refractivity contribution in [2.75, 3.05) is 5.32 Å². The van der Waals surface area contributed by atoms with Crippen LogP contribution in [0.5, 0.6) is 0 Å². The highest BCUT2D eigenvalue weighted by Crippen LogP contribution is 2.25. The minimum atomic E-state index is 1.04. The standard InChI is InChI=1S/C15H11N2/c1-2-6-14-12(4-1)5-3-7-15(14)17-13-8-10-16-11-9-13/h1-4,6-11H,(H,16,17). The van der Waals surface area contributed by atoms with Crippen LogP contribution in [0.15, 0.2) is 60.9 Å². The number of nitrogens with one attached hydrogen (secondary N) is 1. The maximum absolute atomic E-state index is 4.00. The zero-order valence-corrected chi connectivity index (χ0v) is 9.22.